The Balaban J connectivity index is 1.11. The lowest BCUT2D eigenvalue weighted by molar-refractivity contribution is -0.384. The molecule has 62 heavy (non-hydrogen) atoms. The van der Waals surface area contributed by atoms with Crippen molar-refractivity contribution >= 4 is 50.2 Å². The number of amides is 1. The van der Waals surface area contributed by atoms with Crippen molar-refractivity contribution < 1.29 is 32.3 Å². The number of hydrogen-bond acceptors (Lipinski definition) is 12. The van der Waals surface area contributed by atoms with E-state index >= 15 is 0 Å². The summed E-state index contributed by atoms with van der Waals surface area (Å²) in [7, 11) is -1.28. The number of halogens is 1. The highest BCUT2D eigenvalue weighted by molar-refractivity contribution is 7.90. The summed E-state index contributed by atoms with van der Waals surface area (Å²) in [4.78, 5) is 31.7. The number of carbonyl (C=O) groups is 1. The van der Waals surface area contributed by atoms with E-state index in [1.165, 1.54) is 36.0 Å². The van der Waals surface area contributed by atoms with Crippen molar-refractivity contribution in [3.63, 3.8) is 0 Å². The second-order valence-corrected chi connectivity index (χ2v) is 19.1. The van der Waals surface area contributed by atoms with Crippen molar-refractivity contribution in [1.29, 1.82) is 0 Å². The molecule has 1 aliphatic carbocycles. The van der Waals surface area contributed by atoms with E-state index in [2.05, 4.69) is 45.8 Å². The zero-order valence-electron chi connectivity index (χ0n) is 35.7. The van der Waals surface area contributed by atoms with E-state index in [0.717, 1.165) is 94.7 Å². The van der Waals surface area contributed by atoms with Crippen LogP contribution in [0.2, 0.25) is 5.02 Å². The Morgan fingerprint density at radius 3 is 2.42 bits per heavy atom. The first-order valence-electron chi connectivity index (χ1n) is 21.0. The lowest BCUT2D eigenvalue weighted by Crippen LogP contribution is -2.47. The number of sulfonamides is 1. The quantitative estimate of drug-likeness (QED) is 0.0673. The van der Waals surface area contributed by atoms with Crippen molar-refractivity contribution in [2.24, 2.45) is 5.41 Å². The molecule has 14 nitrogen and oxygen atoms in total. The SMILES string of the molecule is COCOc1cccc(Oc2cc(N3CCN(CC4=C(c5ccc(Cl)cc5)CC(C)(C)CC4)CC3)ccc2C(=O)NS(=O)(=O)c2ccc(N(C)C3CCNCC3)c([N+](=O)[O-])c2)c1. The Hall–Kier alpha value is -5.19. The molecule has 0 spiro atoms. The van der Waals surface area contributed by atoms with E-state index in [-0.39, 0.29) is 35.3 Å². The van der Waals surface area contributed by atoms with E-state index < -0.39 is 25.7 Å². The topological polar surface area (TPSA) is 156 Å². The second kappa shape index (κ2) is 19.5. The van der Waals surface area contributed by atoms with Gasteiger partial charge in [-0.15, -0.1) is 0 Å². The summed E-state index contributed by atoms with van der Waals surface area (Å²) in [6, 6.07) is 23.8. The van der Waals surface area contributed by atoms with Gasteiger partial charge in [0.05, 0.1) is 15.4 Å². The molecular formula is C46H55ClN6O8S. The van der Waals surface area contributed by atoms with Gasteiger partial charge in [0.1, 0.15) is 22.9 Å². The maximum Gasteiger partial charge on any atom is 0.293 e. The van der Waals surface area contributed by atoms with Gasteiger partial charge in [0.2, 0.25) is 0 Å². The Bertz CT molecular complexity index is 2400. The summed E-state index contributed by atoms with van der Waals surface area (Å²) < 4.78 is 46.6. The molecule has 4 aromatic rings. The van der Waals surface area contributed by atoms with Gasteiger partial charge in [-0.05, 0) is 110 Å². The Labute approximate surface area is 369 Å². The predicted molar refractivity (Wildman–Crippen MR) is 242 cm³/mol. The summed E-state index contributed by atoms with van der Waals surface area (Å²) in [6.45, 7) is 10.2. The van der Waals surface area contributed by atoms with Gasteiger partial charge in [-0.1, -0.05) is 49.2 Å². The van der Waals surface area contributed by atoms with Crippen LogP contribution in [0.25, 0.3) is 5.57 Å². The Morgan fingerprint density at radius 1 is 0.984 bits per heavy atom. The van der Waals surface area contributed by atoms with Gasteiger partial charge in [0.15, 0.2) is 6.79 Å². The van der Waals surface area contributed by atoms with E-state index in [4.69, 9.17) is 25.8 Å². The number of methoxy groups -OCH3 is 1. The van der Waals surface area contributed by atoms with Crippen LogP contribution >= 0.6 is 11.6 Å². The van der Waals surface area contributed by atoms with Crippen molar-refractivity contribution in [3.8, 4) is 17.2 Å². The zero-order chi connectivity index (χ0) is 44.0. The minimum atomic E-state index is -4.56. The van der Waals surface area contributed by atoms with E-state index in [0.29, 0.717) is 17.2 Å². The zero-order valence-corrected chi connectivity index (χ0v) is 37.3. The molecule has 3 aliphatic rings. The number of hydrogen-bond donors (Lipinski definition) is 2. The standard InChI is InChI=1S/C46H55ClN6O8S/c1-46(2)19-16-33(41(29-46)32-8-10-34(47)11-9-32)30-51-22-24-52(25-23-51)36-12-14-40(44(26-36)61-38-7-5-6-37(27-38)60-31-59-4)45(54)49-62(57,58)39-13-15-42(43(28-39)53(55)56)50(3)35-17-20-48-21-18-35/h5-15,26-28,35,48H,16-25,29-31H2,1-4H3,(H,49,54). The number of carbonyl (C=O) groups excluding carboxylic acids is 1. The highest BCUT2D eigenvalue weighted by Crippen LogP contribution is 2.43. The highest BCUT2D eigenvalue weighted by Gasteiger charge is 2.31. The molecule has 0 radical (unpaired) electrons. The number of piperidine rings is 1. The summed E-state index contributed by atoms with van der Waals surface area (Å²) in [5.74, 6) is -0.0185. The van der Waals surface area contributed by atoms with Crippen molar-refractivity contribution in [2.75, 3.05) is 76.6 Å². The summed E-state index contributed by atoms with van der Waals surface area (Å²) >= 11 is 6.24. The molecule has 2 heterocycles. The Morgan fingerprint density at radius 2 is 1.71 bits per heavy atom. The normalized spacial score (nSPS) is 17.4. The fourth-order valence-electron chi connectivity index (χ4n) is 8.50. The maximum absolute atomic E-state index is 14.0. The third-order valence-corrected chi connectivity index (χ3v) is 13.6. The van der Waals surface area contributed by atoms with Crippen LogP contribution in [0.4, 0.5) is 17.1 Å². The molecule has 4 aromatic carbocycles. The van der Waals surface area contributed by atoms with Crippen molar-refractivity contribution in [1.82, 2.24) is 14.9 Å². The summed E-state index contributed by atoms with van der Waals surface area (Å²) in [5.41, 5.74) is 5.01. The molecule has 1 amide bonds. The summed E-state index contributed by atoms with van der Waals surface area (Å²) in [5, 5.41) is 16.2. The minimum absolute atomic E-state index is 0.0155. The number of nitrogens with one attached hydrogen (secondary N) is 2. The molecule has 7 rings (SSSR count). The molecule has 16 heteroatoms. The Kier molecular flexibility index (Phi) is 14.1. The van der Waals surface area contributed by atoms with Gasteiger partial charge >= 0.3 is 0 Å². The van der Waals surface area contributed by atoms with E-state index in [9.17, 15) is 23.3 Å². The molecule has 2 N–H and O–H groups in total. The fraction of sp³-hybridized carbons (Fsp3) is 0.413. The first-order valence-corrected chi connectivity index (χ1v) is 22.8. The lowest BCUT2D eigenvalue weighted by Gasteiger charge is -2.39. The number of benzene rings is 4. The molecule has 0 saturated carbocycles. The third-order valence-electron chi connectivity index (χ3n) is 12.0. The van der Waals surface area contributed by atoms with Crippen molar-refractivity contribution in [3.05, 3.63) is 117 Å². The van der Waals surface area contributed by atoms with Gasteiger partial charge in [0.25, 0.3) is 21.6 Å². The number of nitro groups is 1. The van der Waals surface area contributed by atoms with Gasteiger partial charge in [-0.25, -0.2) is 13.1 Å². The number of nitrogens with zero attached hydrogens (tertiary/aromatic N) is 4. The smallest absolute Gasteiger partial charge is 0.293 e. The molecule has 330 valence electrons. The lowest BCUT2D eigenvalue weighted by atomic mass is 9.72. The van der Waals surface area contributed by atoms with E-state index in [1.54, 1.807) is 49.5 Å². The van der Waals surface area contributed by atoms with Crippen LogP contribution in [-0.2, 0) is 14.8 Å². The average molecular weight is 888 g/mol. The molecule has 2 aliphatic heterocycles. The van der Waals surface area contributed by atoms with Gasteiger partial charge in [-0.2, -0.15) is 0 Å². The number of ether oxygens (including phenoxy) is 3. The first kappa shape index (κ1) is 44.9. The highest BCUT2D eigenvalue weighted by atomic mass is 35.5. The maximum atomic E-state index is 14.0. The number of anilines is 2. The molecule has 0 atom stereocenters. The second-order valence-electron chi connectivity index (χ2n) is 16.9. The number of allylic oxidation sites excluding steroid dienone is 1. The molecule has 2 fully saturated rings. The van der Waals surface area contributed by atoms with Crippen LogP contribution in [0.15, 0.2) is 95.4 Å². The average Bonchev–Trinajstić information content (AvgIpc) is 3.26. The van der Waals surface area contributed by atoms with Gasteiger partial charge < -0.3 is 29.3 Å². The molecule has 0 aromatic heterocycles. The number of nitro benzene ring substituents is 1. The van der Waals surface area contributed by atoms with Crippen LogP contribution in [0.5, 0.6) is 17.2 Å². The molecular weight excluding hydrogens is 832 g/mol. The largest absolute Gasteiger partial charge is 0.467 e. The molecule has 2 saturated heterocycles. The molecule has 0 unspecified atom stereocenters. The molecule has 0 bridgehead atoms. The number of rotatable bonds is 15. The fourth-order valence-corrected chi connectivity index (χ4v) is 9.61. The van der Waals surface area contributed by atoms with E-state index in [1.807, 2.05) is 17.0 Å². The van der Waals surface area contributed by atoms with Crippen LogP contribution in [-0.4, -0.2) is 97.0 Å². The summed E-state index contributed by atoms with van der Waals surface area (Å²) in [6.07, 6.45) is 4.76. The first-order chi connectivity index (χ1) is 29.7. The monoisotopic (exact) mass is 886 g/mol. The minimum Gasteiger partial charge on any atom is -0.467 e. The van der Waals surface area contributed by atoms with Crippen LogP contribution in [0, 0.1) is 15.5 Å². The predicted octanol–water partition coefficient (Wildman–Crippen LogP) is 8.12. The van der Waals surface area contributed by atoms with Gasteiger partial charge in [-0.3, -0.25) is 19.8 Å². The van der Waals surface area contributed by atoms with Crippen LogP contribution in [0.3, 0.4) is 0 Å². The van der Waals surface area contributed by atoms with Crippen LogP contribution < -0.4 is 29.3 Å². The van der Waals surface area contributed by atoms with Crippen LogP contribution in [0.1, 0.15) is 61.9 Å². The third kappa shape index (κ3) is 10.9. The van der Waals surface area contributed by atoms with Crippen molar-refractivity contribution in [2.45, 2.75) is 56.9 Å². The van der Waals surface area contributed by atoms with Gasteiger partial charge in [0, 0.05) is 81.8 Å². The number of piperazine rings is 1.